The lowest BCUT2D eigenvalue weighted by molar-refractivity contribution is -0.471. The van der Waals surface area contributed by atoms with Crippen LogP contribution in [0.2, 0.25) is 0 Å². The summed E-state index contributed by atoms with van der Waals surface area (Å²) in [6.07, 6.45) is 3.17. The summed E-state index contributed by atoms with van der Waals surface area (Å²) in [6.45, 7) is 8.71. The van der Waals surface area contributed by atoms with Gasteiger partial charge in [-0.25, -0.2) is 4.74 Å². The van der Waals surface area contributed by atoms with Crippen molar-refractivity contribution in [3.63, 3.8) is 0 Å². The summed E-state index contributed by atoms with van der Waals surface area (Å²) in [5.74, 6) is -0.640. The number of ether oxygens (including phenoxy) is 3. The Kier molecular flexibility index (Phi) is 5.34. The SMILES string of the molecule is C=CC1(COC/C=[N+](\[O-])Cc2ccccc2)COC(C)(C)O1. The normalized spacial score (nSPS) is 24.4. The smallest absolute Gasteiger partial charge is 0.178 e. The van der Waals surface area contributed by atoms with Crippen LogP contribution in [0.15, 0.2) is 43.0 Å². The van der Waals surface area contributed by atoms with Gasteiger partial charge in [-0.05, 0) is 13.8 Å². The average molecular weight is 305 g/mol. The van der Waals surface area contributed by atoms with E-state index in [2.05, 4.69) is 6.58 Å². The van der Waals surface area contributed by atoms with Gasteiger partial charge in [0.2, 0.25) is 0 Å². The number of nitrogens with zero attached hydrogens (tertiary/aromatic N) is 1. The van der Waals surface area contributed by atoms with Gasteiger partial charge >= 0.3 is 0 Å². The van der Waals surface area contributed by atoms with Gasteiger partial charge in [-0.2, -0.15) is 0 Å². The molecule has 2 rings (SSSR count). The van der Waals surface area contributed by atoms with E-state index in [1.54, 1.807) is 6.08 Å². The number of rotatable bonds is 7. The molecule has 1 aromatic rings. The van der Waals surface area contributed by atoms with Crippen molar-refractivity contribution in [1.29, 1.82) is 0 Å². The molecule has 1 aromatic carbocycles. The van der Waals surface area contributed by atoms with Crippen LogP contribution in [0.1, 0.15) is 19.4 Å². The highest BCUT2D eigenvalue weighted by Gasteiger charge is 2.43. The molecule has 0 radical (unpaired) electrons. The number of benzene rings is 1. The van der Waals surface area contributed by atoms with Crippen molar-refractivity contribution in [1.82, 2.24) is 0 Å². The van der Waals surface area contributed by atoms with E-state index in [1.807, 2.05) is 44.2 Å². The fourth-order valence-corrected chi connectivity index (χ4v) is 2.27. The molecule has 120 valence electrons. The monoisotopic (exact) mass is 305 g/mol. The van der Waals surface area contributed by atoms with E-state index < -0.39 is 11.4 Å². The van der Waals surface area contributed by atoms with Crippen LogP contribution in [-0.4, -0.2) is 42.2 Å². The van der Waals surface area contributed by atoms with Gasteiger partial charge in [0.25, 0.3) is 0 Å². The highest BCUT2D eigenvalue weighted by Crippen LogP contribution is 2.31. The van der Waals surface area contributed by atoms with Gasteiger partial charge in [0.05, 0.1) is 13.2 Å². The molecule has 22 heavy (non-hydrogen) atoms. The van der Waals surface area contributed by atoms with Crippen LogP contribution in [0.5, 0.6) is 0 Å². The Labute approximate surface area is 131 Å². The van der Waals surface area contributed by atoms with Gasteiger partial charge in [0.15, 0.2) is 18.5 Å². The second-order valence-corrected chi connectivity index (χ2v) is 5.82. The molecule has 1 aliphatic heterocycles. The Bertz CT molecular complexity index is 527. The van der Waals surface area contributed by atoms with Crippen LogP contribution in [0.3, 0.4) is 0 Å². The summed E-state index contributed by atoms with van der Waals surface area (Å²) in [5.41, 5.74) is 0.315. The van der Waals surface area contributed by atoms with Crippen LogP contribution in [0, 0.1) is 5.21 Å². The van der Waals surface area contributed by atoms with Gasteiger partial charge in [0.1, 0.15) is 12.2 Å². The highest BCUT2D eigenvalue weighted by atomic mass is 16.8. The largest absolute Gasteiger partial charge is 0.624 e. The van der Waals surface area contributed by atoms with E-state index in [0.29, 0.717) is 19.8 Å². The topological polar surface area (TPSA) is 53.8 Å². The van der Waals surface area contributed by atoms with Gasteiger partial charge in [-0.15, -0.1) is 6.58 Å². The molecule has 1 heterocycles. The predicted octanol–water partition coefficient (Wildman–Crippen LogP) is 2.49. The maximum atomic E-state index is 11.8. The van der Waals surface area contributed by atoms with Gasteiger partial charge < -0.3 is 19.4 Å². The van der Waals surface area contributed by atoms with E-state index in [4.69, 9.17) is 14.2 Å². The zero-order valence-corrected chi connectivity index (χ0v) is 13.2. The van der Waals surface area contributed by atoms with E-state index in [-0.39, 0.29) is 6.61 Å². The van der Waals surface area contributed by atoms with Gasteiger partial charge in [0, 0.05) is 5.56 Å². The number of hydrogen-bond donors (Lipinski definition) is 0. The molecule has 1 aliphatic rings. The van der Waals surface area contributed by atoms with Gasteiger partial charge in [-0.1, -0.05) is 36.4 Å². The lowest BCUT2D eigenvalue weighted by Gasteiger charge is -2.25. The van der Waals surface area contributed by atoms with Crippen molar-refractivity contribution in [2.45, 2.75) is 31.8 Å². The zero-order valence-electron chi connectivity index (χ0n) is 13.2. The summed E-state index contributed by atoms with van der Waals surface area (Å²) < 4.78 is 17.8. The molecule has 1 fully saturated rings. The molecule has 5 heteroatoms. The maximum absolute atomic E-state index is 11.8. The summed E-state index contributed by atoms with van der Waals surface area (Å²) >= 11 is 0. The minimum absolute atomic E-state index is 0.218. The first-order chi connectivity index (χ1) is 10.4. The van der Waals surface area contributed by atoms with E-state index in [9.17, 15) is 5.21 Å². The molecular formula is C17H23NO4. The zero-order chi connectivity index (χ0) is 16.1. The average Bonchev–Trinajstić information content (AvgIpc) is 2.81. The van der Waals surface area contributed by atoms with Crippen molar-refractivity contribution in [3.8, 4) is 0 Å². The molecule has 0 N–H and O–H groups in total. The van der Waals surface area contributed by atoms with Crippen LogP contribution in [0.4, 0.5) is 0 Å². The maximum Gasteiger partial charge on any atom is 0.178 e. The Balaban J connectivity index is 1.78. The second kappa shape index (κ2) is 7.05. The van der Waals surface area contributed by atoms with Crippen LogP contribution >= 0.6 is 0 Å². The van der Waals surface area contributed by atoms with E-state index in [0.717, 1.165) is 10.3 Å². The molecule has 1 atom stereocenters. The van der Waals surface area contributed by atoms with Crippen LogP contribution in [0.25, 0.3) is 0 Å². The van der Waals surface area contributed by atoms with Gasteiger partial charge in [-0.3, -0.25) is 0 Å². The molecule has 5 nitrogen and oxygen atoms in total. The van der Waals surface area contributed by atoms with Crippen LogP contribution in [-0.2, 0) is 20.8 Å². The molecule has 1 saturated heterocycles. The molecule has 0 aromatic heterocycles. The number of hydroxylamine groups is 1. The minimum atomic E-state index is -0.648. The molecule has 0 amide bonds. The summed E-state index contributed by atoms with van der Waals surface area (Å²) in [6, 6.07) is 9.57. The molecule has 1 unspecified atom stereocenters. The van der Waals surface area contributed by atoms with Crippen molar-refractivity contribution in [2.75, 3.05) is 19.8 Å². The predicted molar refractivity (Wildman–Crippen MR) is 84.7 cm³/mol. The highest BCUT2D eigenvalue weighted by molar-refractivity contribution is 5.52. The van der Waals surface area contributed by atoms with E-state index >= 15 is 0 Å². The van der Waals surface area contributed by atoms with Crippen LogP contribution < -0.4 is 0 Å². The Morgan fingerprint density at radius 1 is 1.36 bits per heavy atom. The molecular weight excluding hydrogens is 282 g/mol. The Morgan fingerprint density at radius 2 is 2.09 bits per heavy atom. The second-order valence-electron chi connectivity index (χ2n) is 5.82. The minimum Gasteiger partial charge on any atom is -0.624 e. The fraction of sp³-hybridized carbons (Fsp3) is 0.471. The van der Waals surface area contributed by atoms with E-state index in [1.165, 1.54) is 6.21 Å². The standard InChI is InChI=1S/C17H23NO4/c1-4-17(14-21-16(2,3)22-17)13-20-11-10-18(19)12-15-8-6-5-7-9-15/h4-10H,1,11-14H2,2-3H3/b18-10-. The Hall–Kier alpha value is -1.69. The summed E-state index contributed by atoms with van der Waals surface area (Å²) in [4.78, 5) is 0. The summed E-state index contributed by atoms with van der Waals surface area (Å²) in [5, 5.41) is 11.8. The molecule has 0 aliphatic carbocycles. The molecule has 0 spiro atoms. The quantitative estimate of drug-likeness (QED) is 0.194. The first-order valence-electron chi connectivity index (χ1n) is 7.31. The lowest BCUT2D eigenvalue weighted by Crippen LogP contribution is -2.37. The molecule has 0 bridgehead atoms. The lowest BCUT2D eigenvalue weighted by atomic mass is 10.1. The third-order valence-electron chi connectivity index (χ3n) is 3.41. The van der Waals surface area contributed by atoms with Crippen molar-refractivity contribution >= 4 is 6.21 Å². The fourth-order valence-electron chi connectivity index (χ4n) is 2.27. The summed E-state index contributed by atoms with van der Waals surface area (Å²) in [7, 11) is 0. The third-order valence-corrected chi connectivity index (χ3v) is 3.41. The third kappa shape index (κ3) is 4.66. The van der Waals surface area contributed by atoms with Crippen molar-refractivity contribution in [2.24, 2.45) is 0 Å². The van der Waals surface area contributed by atoms with Crippen molar-refractivity contribution < 1.29 is 18.9 Å². The first-order valence-corrected chi connectivity index (χ1v) is 7.31. The first kappa shape index (κ1) is 16.7. The Morgan fingerprint density at radius 3 is 2.68 bits per heavy atom. The molecule has 0 saturated carbocycles. The van der Waals surface area contributed by atoms with Crippen molar-refractivity contribution in [3.05, 3.63) is 53.8 Å². The number of hydrogen-bond acceptors (Lipinski definition) is 4.